The summed E-state index contributed by atoms with van der Waals surface area (Å²) >= 11 is 5.07. The molecule has 0 fully saturated rings. The van der Waals surface area contributed by atoms with Gasteiger partial charge in [-0.3, -0.25) is 4.90 Å². The predicted octanol–water partition coefficient (Wildman–Crippen LogP) is 2.88. The summed E-state index contributed by atoms with van der Waals surface area (Å²) in [4.78, 5) is 14.1. The average Bonchev–Trinajstić information content (AvgIpc) is 2.49. The highest BCUT2D eigenvalue weighted by Gasteiger charge is 2.17. The molecule has 6 heteroatoms. The Labute approximate surface area is 135 Å². The van der Waals surface area contributed by atoms with Crippen LogP contribution in [0.5, 0.6) is 5.88 Å². The molecule has 3 heterocycles. The average molecular weight is 316 g/mol. The number of aromatic nitrogens is 3. The van der Waals surface area contributed by atoms with E-state index in [1.807, 2.05) is 32.3 Å². The maximum absolute atomic E-state index is 5.57. The van der Waals surface area contributed by atoms with Crippen molar-refractivity contribution < 1.29 is 4.74 Å². The first kappa shape index (κ1) is 15.1. The number of rotatable bonds is 4. The number of aromatic amines is 1. The first-order chi connectivity index (χ1) is 10.6. The van der Waals surface area contributed by atoms with Gasteiger partial charge in [0.1, 0.15) is 0 Å². The minimum absolute atomic E-state index is 0.148. The molecule has 0 saturated heterocycles. The zero-order valence-electron chi connectivity index (χ0n) is 12.9. The molecule has 116 valence electrons. The van der Waals surface area contributed by atoms with Crippen molar-refractivity contribution in [2.75, 3.05) is 6.54 Å². The molecule has 5 nitrogen and oxygen atoms in total. The van der Waals surface area contributed by atoms with Crippen LogP contribution in [0.4, 0.5) is 0 Å². The summed E-state index contributed by atoms with van der Waals surface area (Å²) in [6.07, 6.45) is 4.90. The Bertz CT molecular complexity index is 696. The Balaban J connectivity index is 1.64. The van der Waals surface area contributed by atoms with Crippen LogP contribution in [0.1, 0.15) is 30.7 Å². The van der Waals surface area contributed by atoms with Crippen LogP contribution >= 0.6 is 12.2 Å². The van der Waals surface area contributed by atoms with Gasteiger partial charge in [-0.15, -0.1) is 0 Å². The number of hydrogen-bond donors (Lipinski definition) is 1. The molecule has 0 saturated carbocycles. The second kappa shape index (κ2) is 6.54. The summed E-state index contributed by atoms with van der Waals surface area (Å²) in [7, 11) is 0. The molecule has 0 spiro atoms. The first-order valence-electron chi connectivity index (χ1n) is 7.51. The van der Waals surface area contributed by atoms with Gasteiger partial charge in [0.15, 0.2) is 4.77 Å². The molecule has 22 heavy (non-hydrogen) atoms. The second-order valence-corrected chi connectivity index (χ2v) is 6.21. The summed E-state index contributed by atoms with van der Waals surface area (Å²) < 4.78 is 6.14. The number of hydrogen-bond acceptors (Lipinski definition) is 5. The molecule has 0 unspecified atom stereocenters. The lowest BCUT2D eigenvalue weighted by molar-refractivity contribution is 0.230. The van der Waals surface area contributed by atoms with Gasteiger partial charge in [0.2, 0.25) is 5.88 Å². The van der Waals surface area contributed by atoms with Crippen molar-refractivity contribution >= 4 is 12.2 Å². The maximum atomic E-state index is 5.57. The second-order valence-electron chi connectivity index (χ2n) is 5.82. The van der Waals surface area contributed by atoms with Crippen LogP contribution in [0.2, 0.25) is 0 Å². The van der Waals surface area contributed by atoms with Crippen molar-refractivity contribution in [3.8, 4) is 5.88 Å². The molecule has 2 aromatic heterocycles. The van der Waals surface area contributed by atoms with Crippen molar-refractivity contribution in [2.45, 2.75) is 39.5 Å². The molecule has 0 amide bonds. The lowest BCUT2D eigenvalue weighted by Crippen LogP contribution is -2.30. The van der Waals surface area contributed by atoms with Gasteiger partial charge < -0.3 is 9.72 Å². The Morgan fingerprint density at radius 1 is 1.32 bits per heavy atom. The quantitative estimate of drug-likeness (QED) is 0.879. The minimum Gasteiger partial charge on any atom is -0.475 e. The normalized spacial score (nSPS) is 14.9. The van der Waals surface area contributed by atoms with E-state index >= 15 is 0 Å². The molecule has 3 rings (SSSR count). The topological polar surface area (TPSA) is 54.0 Å². The summed E-state index contributed by atoms with van der Waals surface area (Å²) in [5.74, 6) is 0.680. The van der Waals surface area contributed by atoms with Gasteiger partial charge in [0, 0.05) is 55.8 Å². The Morgan fingerprint density at radius 3 is 2.91 bits per heavy atom. The molecule has 0 bridgehead atoms. The van der Waals surface area contributed by atoms with Crippen molar-refractivity contribution in [1.29, 1.82) is 0 Å². The van der Waals surface area contributed by atoms with Gasteiger partial charge in [-0.05, 0) is 31.6 Å². The van der Waals surface area contributed by atoms with Crippen LogP contribution in [0, 0.1) is 4.77 Å². The third-order valence-electron chi connectivity index (χ3n) is 3.62. The van der Waals surface area contributed by atoms with Gasteiger partial charge >= 0.3 is 0 Å². The van der Waals surface area contributed by atoms with E-state index in [1.54, 1.807) is 0 Å². The van der Waals surface area contributed by atoms with Crippen LogP contribution in [0.25, 0.3) is 0 Å². The molecule has 0 radical (unpaired) electrons. The molecule has 1 N–H and O–H groups in total. The van der Waals surface area contributed by atoms with Crippen molar-refractivity contribution in [3.05, 3.63) is 46.1 Å². The molecule has 0 aromatic carbocycles. The van der Waals surface area contributed by atoms with Crippen LogP contribution in [-0.2, 0) is 19.5 Å². The third-order valence-corrected chi connectivity index (χ3v) is 3.82. The van der Waals surface area contributed by atoms with Gasteiger partial charge in [-0.25, -0.2) is 9.97 Å². The Hall–Kier alpha value is -1.79. The Kier molecular flexibility index (Phi) is 4.49. The standard InChI is InChI=1S/C16H20N4OS/c1-11(2)21-15-4-3-12(7-17-15)9-20-6-5-14-13(10-20)8-18-16(22)19-14/h3-4,7-8,11H,5-6,9-10H2,1-2H3,(H,18,19,22). The first-order valence-corrected chi connectivity index (χ1v) is 7.92. The molecule has 1 aliphatic rings. The van der Waals surface area contributed by atoms with Crippen LogP contribution in [-0.4, -0.2) is 32.5 Å². The van der Waals surface area contributed by atoms with E-state index in [1.165, 1.54) is 16.8 Å². The zero-order chi connectivity index (χ0) is 15.5. The molecule has 1 aliphatic heterocycles. The summed E-state index contributed by atoms with van der Waals surface area (Å²) in [5.41, 5.74) is 3.64. The fourth-order valence-electron chi connectivity index (χ4n) is 2.61. The third kappa shape index (κ3) is 3.69. The number of H-pyrrole nitrogens is 1. The molecular weight excluding hydrogens is 296 g/mol. The van der Waals surface area contributed by atoms with Crippen LogP contribution in [0.15, 0.2) is 24.5 Å². The van der Waals surface area contributed by atoms with E-state index in [4.69, 9.17) is 17.0 Å². The van der Waals surface area contributed by atoms with E-state index < -0.39 is 0 Å². The van der Waals surface area contributed by atoms with Crippen LogP contribution in [0.3, 0.4) is 0 Å². The van der Waals surface area contributed by atoms with Crippen molar-refractivity contribution in [3.63, 3.8) is 0 Å². The van der Waals surface area contributed by atoms with E-state index in [-0.39, 0.29) is 6.10 Å². The largest absolute Gasteiger partial charge is 0.475 e. The maximum Gasteiger partial charge on any atom is 0.213 e. The fourth-order valence-corrected chi connectivity index (χ4v) is 2.79. The number of fused-ring (bicyclic) bond motifs is 1. The monoisotopic (exact) mass is 316 g/mol. The molecular formula is C16H20N4OS. The number of pyridine rings is 1. The van der Waals surface area contributed by atoms with E-state index in [2.05, 4.69) is 25.9 Å². The highest BCUT2D eigenvalue weighted by atomic mass is 32.1. The van der Waals surface area contributed by atoms with Gasteiger partial charge in [-0.1, -0.05) is 6.07 Å². The number of ether oxygens (including phenoxy) is 1. The highest BCUT2D eigenvalue weighted by Crippen LogP contribution is 2.18. The smallest absolute Gasteiger partial charge is 0.213 e. The van der Waals surface area contributed by atoms with Gasteiger partial charge in [0.05, 0.1) is 6.10 Å². The molecule has 0 aliphatic carbocycles. The van der Waals surface area contributed by atoms with E-state index in [0.717, 1.165) is 26.1 Å². The van der Waals surface area contributed by atoms with Crippen molar-refractivity contribution in [1.82, 2.24) is 19.9 Å². The number of nitrogens with zero attached hydrogens (tertiary/aromatic N) is 3. The fraction of sp³-hybridized carbons (Fsp3) is 0.438. The van der Waals surface area contributed by atoms with Gasteiger partial charge in [-0.2, -0.15) is 0 Å². The summed E-state index contributed by atoms with van der Waals surface area (Å²) in [6, 6.07) is 4.02. The molecule has 2 aromatic rings. The van der Waals surface area contributed by atoms with Crippen molar-refractivity contribution in [2.24, 2.45) is 0 Å². The summed E-state index contributed by atoms with van der Waals surface area (Å²) in [5, 5.41) is 0. The van der Waals surface area contributed by atoms with E-state index in [0.29, 0.717) is 10.7 Å². The summed E-state index contributed by atoms with van der Waals surface area (Å²) in [6.45, 7) is 6.77. The Morgan fingerprint density at radius 2 is 2.18 bits per heavy atom. The zero-order valence-corrected chi connectivity index (χ0v) is 13.7. The molecule has 0 atom stereocenters. The SMILES string of the molecule is CC(C)Oc1ccc(CN2CCc3[nH]c(=S)ncc3C2)cn1. The number of nitrogens with one attached hydrogen (secondary N) is 1. The minimum atomic E-state index is 0.148. The highest BCUT2D eigenvalue weighted by molar-refractivity contribution is 7.71. The van der Waals surface area contributed by atoms with Gasteiger partial charge in [0.25, 0.3) is 0 Å². The predicted molar refractivity (Wildman–Crippen MR) is 87.2 cm³/mol. The lowest BCUT2D eigenvalue weighted by atomic mass is 10.1. The lowest BCUT2D eigenvalue weighted by Gasteiger charge is -2.28. The van der Waals surface area contributed by atoms with Crippen LogP contribution < -0.4 is 4.74 Å². The van der Waals surface area contributed by atoms with E-state index in [9.17, 15) is 0 Å².